The fraction of sp³-hybridized carbons (Fsp3) is 0.875. The Morgan fingerprint density at radius 1 is 1.58 bits per heavy atom. The van der Waals surface area contributed by atoms with Crippen molar-refractivity contribution in [1.29, 1.82) is 0 Å². The van der Waals surface area contributed by atoms with Crippen molar-refractivity contribution in [2.45, 2.75) is 37.4 Å². The van der Waals surface area contributed by atoms with E-state index in [9.17, 15) is 9.18 Å². The second kappa shape index (κ2) is 3.39. The Hall–Kier alpha value is -0.640. The highest BCUT2D eigenvalue weighted by molar-refractivity contribution is 5.79. The predicted octanol–water partition coefficient (Wildman–Crippen LogP) is 0.769. The zero-order valence-corrected chi connectivity index (χ0v) is 7.18. The first-order valence-electron chi connectivity index (χ1n) is 4.11. The van der Waals surface area contributed by atoms with Gasteiger partial charge in [0.15, 0.2) is 0 Å². The number of carbonyl (C=O) groups excluding carboxylic acids is 1. The maximum Gasteiger partial charge on any atom is 0.343 e. The zero-order valence-electron chi connectivity index (χ0n) is 7.18. The lowest BCUT2D eigenvalue weighted by molar-refractivity contribution is -0.157. The van der Waals surface area contributed by atoms with Gasteiger partial charge in [-0.3, -0.25) is 0 Å². The van der Waals surface area contributed by atoms with Crippen LogP contribution in [0.2, 0.25) is 0 Å². The summed E-state index contributed by atoms with van der Waals surface area (Å²) in [7, 11) is 1.21. The molecule has 0 aliphatic heterocycles. The number of carbonyl (C=O) groups is 1. The normalized spacial score (nSPS) is 36.1. The summed E-state index contributed by atoms with van der Waals surface area (Å²) in [6.07, 6.45) is 1.51. The van der Waals surface area contributed by atoms with Crippen LogP contribution in [0.3, 0.4) is 0 Å². The van der Waals surface area contributed by atoms with E-state index in [1.165, 1.54) is 7.11 Å². The molecule has 12 heavy (non-hydrogen) atoms. The molecule has 1 aliphatic rings. The van der Waals surface area contributed by atoms with Crippen molar-refractivity contribution in [3.8, 4) is 0 Å². The van der Waals surface area contributed by atoms with E-state index in [-0.39, 0.29) is 18.9 Å². The Morgan fingerprint density at radius 3 is 2.50 bits per heavy atom. The third-order valence-electron chi connectivity index (χ3n) is 2.37. The van der Waals surface area contributed by atoms with Crippen LogP contribution in [-0.4, -0.2) is 24.8 Å². The first-order valence-corrected chi connectivity index (χ1v) is 4.11. The molecule has 1 rings (SSSR count). The number of hydrogen-bond donors (Lipinski definition) is 1. The second-order valence-corrected chi connectivity index (χ2v) is 3.29. The molecule has 70 valence electrons. The molecule has 0 aromatic carbocycles. The van der Waals surface area contributed by atoms with Crippen molar-refractivity contribution < 1.29 is 13.9 Å². The van der Waals surface area contributed by atoms with E-state index in [2.05, 4.69) is 4.74 Å². The molecule has 0 radical (unpaired) electrons. The number of ether oxygens (including phenoxy) is 1. The molecule has 1 aliphatic carbocycles. The lowest BCUT2D eigenvalue weighted by Gasteiger charge is -2.29. The third-order valence-corrected chi connectivity index (χ3v) is 2.37. The van der Waals surface area contributed by atoms with Gasteiger partial charge in [-0.15, -0.1) is 0 Å². The maximum atomic E-state index is 13.6. The van der Waals surface area contributed by atoms with Gasteiger partial charge in [-0.05, 0) is 25.7 Å². The van der Waals surface area contributed by atoms with Crippen LogP contribution in [0.4, 0.5) is 4.39 Å². The van der Waals surface area contributed by atoms with Crippen LogP contribution < -0.4 is 5.73 Å². The number of nitrogens with two attached hydrogens (primary N) is 1. The molecule has 1 fully saturated rings. The minimum Gasteiger partial charge on any atom is -0.467 e. The lowest BCUT2D eigenvalue weighted by Crippen LogP contribution is -2.42. The van der Waals surface area contributed by atoms with Gasteiger partial charge in [0.1, 0.15) is 0 Å². The van der Waals surface area contributed by atoms with Gasteiger partial charge < -0.3 is 10.5 Å². The standard InChI is InChI=1S/C8H14FNO2/c1-12-7(11)8(9)4-2-6(10)3-5-8/h6H,2-5,10H2,1H3. The number of alkyl halides is 1. The SMILES string of the molecule is COC(=O)C1(F)CCC(N)CC1. The van der Waals surface area contributed by atoms with E-state index in [0.29, 0.717) is 12.8 Å². The van der Waals surface area contributed by atoms with Gasteiger partial charge in [0, 0.05) is 6.04 Å². The largest absolute Gasteiger partial charge is 0.467 e. The van der Waals surface area contributed by atoms with Crippen molar-refractivity contribution in [1.82, 2.24) is 0 Å². The highest BCUT2D eigenvalue weighted by Gasteiger charge is 2.42. The summed E-state index contributed by atoms with van der Waals surface area (Å²) in [6, 6.07) is 0.0403. The van der Waals surface area contributed by atoms with Crippen LogP contribution >= 0.6 is 0 Å². The molecule has 2 N–H and O–H groups in total. The van der Waals surface area contributed by atoms with Crippen LogP contribution in [0.1, 0.15) is 25.7 Å². The quantitative estimate of drug-likeness (QED) is 0.599. The average molecular weight is 175 g/mol. The lowest BCUT2D eigenvalue weighted by atomic mass is 9.84. The van der Waals surface area contributed by atoms with E-state index in [1.807, 2.05) is 0 Å². The van der Waals surface area contributed by atoms with E-state index < -0.39 is 11.6 Å². The molecule has 0 aromatic heterocycles. The van der Waals surface area contributed by atoms with Gasteiger partial charge in [0.05, 0.1) is 7.11 Å². The van der Waals surface area contributed by atoms with Gasteiger partial charge in [0.2, 0.25) is 5.67 Å². The van der Waals surface area contributed by atoms with E-state index in [0.717, 1.165) is 0 Å². The van der Waals surface area contributed by atoms with Gasteiger partial charge >= 0.3 is 5.97 Å². The minimum atomic E-state index is -1.77. The molecule has 0 bridgehead atoms. The number of methoxy groups -OCH3 is 1. The molecule has 0 heterocycles. The molecule has 4 heteroatoms. The number of rotatable bonds is 1. The highest BCUT2D eigenvalue weighted by Crippen LogP contribution is 2.32. The van der Waals surface area contributed by atoms with Gasteiger partial charge in [-0.1, -0.05) is 0 Å². The Kier molecular flexibility index (Phi) is 2.67. The first kappa shape index (κ1) is 9.45. The predicted molar refractivity (Wildman–Crippen MR) is 42.3 cm³/mol. The van der Waals surface area contributed by atoms with Gasteiger partial charge in [-0.2, -0.15) is 0 Å². The Bertz CT molecular complexity index is 176. The summed E-state index contributed by atoms with van der Waals surface area (Å²) in [5, 5.41) is 0. The fourth-order valence-corrected chi connectivity index (χ4v) is 1.48. The average Bonchev–Trinajstić information content (AvgIpc) is 2.09. The Labute approximate surface area is 71.1 Å². The Balaban J connectivity index is 2.55. The summed E-state index contributed by atoms with van der Waals surface area (Å²) in [5.41, 5.74) is 3.81. The summed E-state index contributed by atoms with van der Waals surface area (Å²) >= 11 is 0. The molecular formula is C8H14FNO2. The van der Waals surface area contributed by atoms with Crippen LogP contribution in [-0.2, 0) is 9.53 Å². The van der Waals surface area contributed by atoms with Crippen LogP contribution in [0.15, 0.2) is 0 Å². The minimum absolute atomic E-state index is 0.0403. The molecular weight excluding hydrogens is 161 g/mol. The number of hydrogen-bond acceptors (Lipinski definition) is 3. The molecule has 0 aromatic rings. The van der Waals surface area contributed by atoms with Gasteiger partial charge in [-0.25, -0.2) is 9.18 Å². The van der Waals surface area contributed by atoms with Crippen LogP contribution in [0, 0.1) is 0 Å². The van der Waals surface area contributed by atoms with Crippen molar-refractivity contribution in [2.75, 3.05) is 7.11 Å². The second-order valence-electron chi connectivity index (χ2n) is 3.29. The maximum absolute atomic E-state index is 13.6. The molecule has 0 atom stereocenters. The van der Waals surface area contributed by atoms with Crippen molar-refractivity contribution in [3.05, 3.63) is 0 Å². The highest BCUT2D eigenvalue weighted by atomic mass is 19.1. The van der Waals surface area contributed by atoms with Crippen LogP contribution in [0.5, 0.6) is 0 Å². The number of halogens is 1. The zero-order chi connectivity index (χ0) is 9.19. The summed E-state index contributed by atoms with van der Waals surface area (Å²) in [5.74, 6) is -0.755. The van der Waals surface area contributed by atoms with E-state index >= 15 is 0 Å². The molecule has 3 nitrogen and oxygen atoms in total. The first-order chi connectivity index (χ1) is 5.58. The van der Waals surface area contributed by atoms with Crippen molar-refractivity contribution in [2.24, 2.45) is 5.73 Å². The third kappa shape index (κ3) is 1.75. The molecule has 0 unspecified atom stereocenters. The van der Waals surface area contributed by atoms with E-state index in [1.54, 1.807) is 0 Å². The topological polar surface area (TPSA) is 52.3 Å². The summed E-state index contributed by atoms with van der Waals surface area (Å²) in [4.78, 5) is 11.0. The number of esters is 1. The summed E-state index contributed by atoms with van der Waals surface area (Å²) < 4.78 is 18.0. The molecule has 0 spiro atoms. The monoisotopic (exact) mass is 175 g/mol. The van der Waals surface area contributed by atoms with E-state index in [4.69, 9.17) is 5.73 Å². The van der Waals surface area contributed by atoms with Gasteiger partial charge in [0.25, 0.3) is 0 Å². The van der Waals surface area contributed by atoms with Crippen molar-refractivity contribution in [3.63, 3.8) is 0 Å². The molecule has 0 amide bonds. The van der Waals surface area contributed by atoms with Crippen LogP contribution in [0.25, 0.3) is 0 Å². The molecule has 1 saturated carbocycles. The molecule has 0 saturated heterocycles. The van der Waals surface area contributed by atoms with Crippen molar-refractivity contribution >= 4 is 5.97 Å². The Morgan fingerprint density at radius 2 is 2.08 bits per heavy atom. The fourth-order valence-electron chi connectivity index (χ4n) is 1.48. The summed E-state index contributed by atoms with van der Waals surface area (Å²) in [6.45, 7) is 0. The smallest absolute Gasteiger partial charge is 0.343 e.